The molecule has 0 bridgehead atoms. The van der Waals surface area contributed by atoms with E-state index in [0.717, 1.165) is 23.4 Å². The van der Waals surface area contributed by atoms with Crippen molar-refractivity contribution in [3.8, 4) is 5.75 Å². The van der Waals surface area contributed by atoms with E-state index in [4.69, 9.17) is 4.74 Å². The van der Waals surface area contributed by atoms with Crippen molar-refractivity contribution in [2.24, 2.45) is 0 Å². The third-order valence-corrected chi connectivity index (χ3v) is 2.56. The number of aryl methyl sites for hydroxylation is 1. The molecule has 0 saturated heterocycles. The summed E-state index contributed by atoms with van der Waals surface area (Å²) < 4.78 is 10.1. The monoisotopic (exact) mass is 251 g/mol. The topological polar surface area (TPSA) is 47.6 Å². The first kappa shape index (κ1) is 14.5. The Bertz CT molecular complexity index is 402. The van der Waals surface area contributed by atoms with Crippen LogP contribution in [-0.4, -0.2) is 25.7 Å². The molecule has 1 N–H and O–H groups in total. The van der Waals surface area contributed by atoms with E-state index in [-0.39, 0.29) is 12.6 Å². The highest BCUT2D eigenvalue weighted by molar-refractivity contribution is 5.71. The molecule has 0 saturated carbocycles. The highest BCUT2D eigenvalue weighted by Gasteiger charge is 2.09. The molecule has 4 nitrogen and oxygen atoms in total. The molecule has 0 amide bonds. The van der Waals surface area contributed by atoms with Crippen LogP contribution < -0.4 is 10.1 Å². The van der Waals surface area contributed by atoms with Crippen LogP contribution in [0.3, 0.4) is 0 Å². The number of hydrogen-bond acceptors (Lipinski definition) is 4. The number of ether oxygens (including phenoxy) is 2. The van der Waals surface area contributed by atoms with Gasteiger partial charge in [0.1, 0.15) is 5.75 Å². The Labute approximate surface area is 108 Å². The number of carbonyl (C=O) groups excluding carboxylic acids is 1. The summed E-state index contributed by atoms with van der Waals surface area (Å²) in [4.78, 5) is 11.1. The van der Waals surface area contributed by atoms with Gasteiger partial charge in [-0.2, -0.15) is 0 Å². The first-order valence-corrected chi connectivity index (χ1v) is 6.06. The van der Waals surface area contributed by atoms with Crippen LogP contribution in [0, 0.1) is 6.92 Å². The molecule has 0 radical (unpaired) electrons. The number of esters is 1. The highest BCUT2D eigenvalue weighted by atomic mass is 16.6. The summed E-state index contributed by atoms with van der Waals surface area (Å²) in [7, 11) is 1.35. The Hall–Kier alpha value is -1.55. The Morgan fingerprint density at radius 1 is 1.39 bits per heavy atom. The Kier molecular flexibility index (Phi) is 5.65. The van der Waals surface area contributed by atoms with Crippen LogP contribution >= 0.6 is 0 Å². The van der Waals surface area contributed by atoms with E-state index >= 15 is 0 Å². The van der Waals surface area contributed by atoms with Gasteiger partial charge in [0.15, 0.2) is 6.61 Å². The van der Waals surface area contributed by atoms with Crippen LogP contribution in [0.4, 0.5) is 0 Å². The fourth-order valence-corrected chi connectivity index (χ4v) is 1.56. The third kappa shape index (κ3) is 4.37. The fourth-order valence-electron chi connectivity index (χ4n) is 1.56. The maximum Gasteiger partial charge on any atom is 0.343 e. The van der Waals surface area contributed by atoms with Crippen LogP contribution in [0.2, 0.25) is 0 Å². The first-order chi connectivity index (χ1) is 8.54. The molecule has 0 aliphatic carbocycles. The molecule has 0 aliphatic heterocycles. The number of carbonyl (C=O) groups is 1. The fraction of sp³-hybridized carbons (Fsp3) is 0.500. The van der Waals surface area contributed by atoms with Gasteiger partial charge >= 0.3 is 5.97 Å². The van der Waals surface area contributed by atoms with Crippen molar-refractivity contribution in [2.45, 2.75) is 33.4 Å². The molecule has 18 heavy (non-hydrogen) atoms. The molecular formula is C14H21NO3. The quantitative estimate of drug-likeness (QED) is 0.786. The largest absolute Gasteiger partial charge is 0.481 e. The van der Waals surface area contributed by atoms with Gasteiger partial charge in [0, 0.05) is 18.2 Å². The molecule has 0 unspecified atom stereocenters. The Balaban J connectivity index is 2.76. The van der Waals surface area contributed by atoms with Gasteiger partial charge in [0.05, 0.1) is 7.11 Å². The third-order valence-electron chi connectivity index (χ3n) is 2.56. The molecule has 4 heteroatoms. The van der Waals surface area contributed by atoms with E-state index in [1.165, 1.54) is 7.11 Å². The maximum absolute atomic E-state index is 11.1. The van der Waals surface area contributed by atoms with E-state index in [1.54, 1.807) is 0 Å². The van der Waals surface area contributed by atoms with Gasteiger partial charge in [-0.15, -0.1) is 0 Å². The summed E-state index contributed by atoms with van der Waals surface area (Å²) in [6.45, 7) is 6.80. The minimum absolute atomic E-state index is 0.0595. The average molecular weight is 251 g/mol. The molecule has 0 fully saturated rings. The van der Waals surface area contributed by atoms with Gasteiger partial charge in [-0.1, -0.05) is 32.0 Å². The van der Waals surface area contributed by atoms with Gasteiger partial charge in [0.25, 0.3) is 0 Å². The second-order valence-electron chi connectivity index (χ2n) is 4.46. The van der Waals surface area contributed by atoms with Gasteiger partial charge in [-0.3, -0.25) is 0 Å². The summed E-state index contributed by atoms with van der Waals surface area (Å²) in [6, 6.07) is 6.34. The maximum atomic E-state index is 11.1. The average Bonchev–Trinajstić information content (AvgIpc) is 2.34. The molecule has 0 atom stereocenters. The number of nitrogens with one attached hydrogen (secondary N) is 1. The lowest BCUT2D eigenvalue weighted by molar-refractivity contribution is -0.142. The van der Waals surface area contributed by atoms with Crippen LogP contribution in [0.25, 0.3) is 0 Å². The minimum Gasteiger partial charge on any atom is -0.481 e. The van der Waals surface area contributed by atoms with Crippen molar-refractivity contribution in [1.82, 2.24) is 5.32 Å². The van der Waals surface area contributed by atoms with Gasteiger partial charge in [-0.25, -0.2) is 4.79 Å². The SMILES string of the molecule is COC(=O)COc1c(C)cccc1CNC(C)C. The zero-order valence-electron chi connectivity index (χ0n) is 11.4. The molecule has 1 aromatic carbocycles. The number of para-hydroxylation sites is 1. The van der Waals surface area contributed by atoms with Gasteiger partial charge < -0.3 is 14.8 Å². The van der Waals surface area contributed by atoms with Gasteiger partial charge in [-0.05, 0) is 12.5 Å². The number of benzene rings is 1. The number of hydrogen-bond donors (Lipinski definition) is 1. The van der Waals surface area contributed by atoms with Crippen molar-refractivity contribution in [1.29, 1.82) is 0 Å². The van der Waals surface area contributed by atoms with Crippen LogP contribution in [-0.2, 0) is 16.1 Å². The summed E-state index contributed by atoms with van der Waals surface area (Å²) in [5.74, 6) is 0.386. The zero-order valence-corrected chi connectivity index (χ0v) is 11.4. The molecule has 0 heterocycles. The number of rotatable bonds is 6. The van der Waals surface area contributed by atoms with Gasteiger partial charge in [0.2, 0.25) is 0 Å². The van der Waals surface area contributed by atoms with Crippen molar-refractivity contribution >= 4 is 5.97 Å². The molecule has 1 aromatic rings. The molecule has 100 valence electrons. The van der Waals surface area contributed by atoms with E-state index in [1.807, 2.05) is 25.1 Å². The second kappa shape index (κ2) is 7.01. The summed E-state index contributed by atoms with van der Waals surface area (Å²) >= 11 is 0. The highest BCUT2D eigenvalue weighted by Crippen LogP contribution is 2.23. The Morgan fingerprint density at radius 3 is 2.72 bits per heavy atom. The van der Waals surface area contributed by atoms with Crippen molar-refractivity contribution in [3.63, 3.8) is 0 Å². The predicted molar refractivity (Wildman–Crippen MR) is 70.7 cm³/mol. The smallest absolute Gasteiger partial charge is 0.343 e. The first-order valence-electron chi connectivity index (χ1n) is 6.06. The molecule has 0 aromatic heterocycles. The minimum atomic E-state index is -0.374. The lowest BCUT2D eigenvalue weighted by atomic mass is 10.1. The normalized spacial score (nSPS) is 10.5. The second-order valence-corrected chi connectivity index (χ2v) is 4.46. The molecule has 1 rings (SSSR count). The lowest BCUT2D eigenvalue weighted by Crippen LogP contribution is -2.23. The van der Waals surface area contributed by atoms with E-state index in [0.29, 0.717) is 6.04 Å². The summed E-state index contributed by atoms with van der Waals surface area (Å²) in [5, 5.41) is 3.33. The Morgan fingerprint density at radius 2 is 2.11 bits per heavy atom. The summed E-state index contributed by atoms with van der Waals surface area (Å²) in [5.41, 5.74) is 2.06. The molecular weight excluding hydrogens is 230 g/mol. The predicted octanol–water partition coefficient (Wildman–Crippen LogP) is 2.04. The van der Waals surface area contributed by atoms with E-state index < -0.39 is 0 Å². The van der Waals surface area contributed by atoms with Crippen LogP contribution in [0.1, 0.15) is 25.0 Å². The van der Waals surface area contributed by atoms with E-state index in [2.05, 4.69) is 23.9 Å². The van der Waals surface area contributed by atoms with Crippen LogP contribution in [0.15, 0.2) is 18.2 Å². The van der Waals surface area contributed by atoms with Crippen molar-refractivity contribution in [2.75, 3.05) is 13.7 Å². The lowest BCUT2D eigenvalue weighted by Gasteiger charge is -2.15. The summed E-state index contributed by atoms with van der Waals surface area (Å²) in [6.07, 6.45) is 0. The van der Waals surface area contributed by atoms with Crippen LogP contribution in [0.5, 0.6) is 5.75 Å². The number of methoxy groups -OCH3 is 1. The van der Waals surface area contributed by atoms with E-state index in [9.17, 15) is 4.79 Å². The van der Waals surface area contributed by atoms with Crippen molar-refractivity contribution < 1.29 is 14.3 Å². The standard InChI is InChI=1S/C14H21NO3/c1-10(2)15-8-12-7-5-6-11(3)14(12)18-9-13(16)17-4/h5-7,10,15H,8-9H2,1-4H3. The van der Waals surface area contributed by atoms with Crippen molar-refractivity contribution in [3.05, 3.63) is 29.3 Å². The molecule has 0 aliphatic rings. The molecule has 0 spiro atoms. The zero-order chi connectivity index (χ0) is 13.5.